The minimum Gasteiger partial charge on any atom is -0.467 e. The quantitative estimate of drug-likeness (QED) is 0.695. The van der Waals surface area contributed by atoms with E-state index in [4.69, 9.17) is 9.47 Å². The van der Waals surface area contributed by atoms with Gasteiger partial charge in [-0.25, -0.2) is 9.59 Å². The zero-order chi connectivity index (χ0) is 15.7. The van der Waals surface area contributed by atoms with Gasteiger partial charge in [0.2, 0.25) is 0 Å². The molecule has 1 aliphatic heterocycles. The molecule has 1 amide bonds. The monoisotopic (exact) mass is 285 g/mol. The summed E-state index contributed by atoms with van der Waals surface area (Å²) in [4.78, 5) is 25.9. The summed E-state index contributed by atoms with van der Waals surface area (Å²) in [7, 11) is 1.35. The van der Waals surface area contributed by atoms with Crippen molar-refractivity contribution in [1.82, 2.24) is 4.90 Å². The Balaban J connectivity index is 3.02. The molecule has 0 radical (unpaired) electrons. The predicted molar refractivity (Wildman–Crippen MR) is 76.4 cm³/mol. The molecule has 1 saturated heterocycles. The van der Waals surface area contributed by atoms with E-state index in [1.807, 2.05) is 20.8 Å². The molecule has 0 aromatic rings. The molecule has 0 spiro atoms. The van der Waals surface area contributed by atoms with Gasteiger partial charge in [-0.05, 0) is 39.0 Å². The molecule has 116 valence electrons. The molecule has 0 aliphatic carbocycles. The van der Waals surface area contributed by atoms with Gasteiger partial charge in [0, 0.05) is 6.04 Å². The van der Waals surface area contributed by atoms with Crippen LogP contribution in [0.5, 0.6) is 0 Å². The smallest absolute Gasteiger partial charge is 0.411 e. The van der Waals surface area contributed by atoms with Crippen LogP contribution in [0.1, 0.15) is 54.4 Å². The lowest BCUT2D eigenvalue weighted by Gasteiger charge is -2.37. The van der Waals surface area contributed by atoms with Crippen LogP contribution in [0.25, 0.3) is 0 Å². The number of methoxy groups -OCH3 is 1. The molecule has 0 saturated carbocycles. The fourth-order valence-corrected chi connectivity index (χ4v) is 2.60. The summed E-state index contributed by atoms with van der Waals surface area (Å²) in [6, 6.07) is -0.569. The first kappa shape index (κ1) is 16.8. The fourth-order valence-electron chi connectivity index (χ4n) is 2.60. The molecule has 20 heavy (non-hydrogen) atoms. The van der Waals surface area contributed by atoms with E-state index in [-0.39, 0.29) is 17.4 Å². The van der Waals surface area contributed by atoms with Crippen LogP contribution in [-0.2, 0) is 14.3 Å². The van der Waals surface area contributed by atoms with Crippen LogP contribution in [0, 0.1) is 5.41 Å². The largest absolute Gasteiger partial charge is 0.467 e. The van der Waals surface area contributed by atoms with Crippen LogP contribution >= 0.6 is 0 Å². The molecule has 0 bridgehead atoms. The van der Waals surface area contributed by atoms with E-state index in [0.29, 0.717) is 6.42 Å². The van der Waals surface area contributed by atoms with E-state index in [1.165, 1.54) is 7.11 Å². The van der Waals surface area contributed by atoms with E-state index in [2.05, 4.69) is 20.8 Å². The van der Waals surface area contributed by atoms with Crippen LogP contribution in [0.15, 0.2) is 0 Å². The Morgan fingerprint density at radius 1 is 1.05 bits per heavy atom. The van der Waals surface area contributed by atoms with Crippen LogP contribution in [-0.4, -0.2) is 41.8 Å². The van der Waals surface area contributed by atoms with Gasteiger partial charge in [0.25, 0.3) is 0 Å². The molecular formula is C15H27NO4. The number of carbonyl (C=O) groups is 2. The summed E-state index contributed by atoms with van der Waals surface area (Å²) in [5.74, 6) is -0.373. The Morgan fingerprint density at radius 2 is 1.60 bits per heavy atom. The van der Waals surface area contributed by atoms with Crippen molar-refractivity contribution in [2.45, 2.75) is 72.1 Å². The summed E-state index contributed by atoms with van der Waals surface area (Å²) in [5, 5.41) is 0. The van der Waals surface area contributed by atoms with Crippen LogP contribution < -0.4 is 0 Å². The summed E-state index contributed by atoms with van der Waals surface area (Å²) < 4.78 is 10.3. The van der Waals surface area contributed by atoms with Gasteiger partial charge in [-0.3, -0.25) is 4.90 Å². The molecule has 1 rings (SSSR count). The van der Waals surface area contributed by atoms with Crippen molar-refractivity contribution in [1.29, 1.82) is 0 Å². The highest BCUT2D eigenvalue weighted by molar-refractivity contribution is 5.82. The van der Waals surface area contributed by atoms with Crippen molar-refractivity contribution < 1.29 is 19.1 Å². The zero-order valence-electron chi connectivity index (χ0n) is 13.6. The van der Waals surface area contributed by atoms with Gasteiger partial charge in [0.05, 0.1) is 7.11 Å². The molecule has 5 nitrogen and oxygen atoms in total. The fraction of sp³-hybridized carbons (Fsp3) is 0.867. The first-order valence-electron chi connectivity index (χ1n) is 7.06. The number of hydrogen-bond acceptors (Lipinski definition) is 4. The van der Waals surface area contributed by atoms with Gasteiger partial charge < -0.3 is 9.47 Å². The topological polar surface area (TPSA) is 55.8 Å². The number of likely N-dealkylation sites (tertiary alicyclic amines) is 1. The zero-order valence-corrected chi connectivity index (χ0v) is 13.6. The maximum Gasteiger partial charge on any atom is 0.411 e. The summed E-state index contributed by atoms with van der Waals surface area (Å²) in [6.07, 6.45) is 0.960. The van der Waals surface area contributed by atoms with Gasteiger partial charge in [-0.2, -0.15) is 0 Å². The first-order valence-corrected chi connectivity index (χ1v) is 7.06. The summed E-state index contributed by atoms with van der Waals surface area (Å²) in [6.45, 7) is 11.7. The van der Waals surface area contributed by atoms with Crippen molar-refractivity contribution in [3.8, 4) is 0 Å². The number of hydrogen-bond donors (Lipinski definition) is 0. The summed E-state index contributed by atoms with van der Waals surface area (Å²) >= 11 is 0. The Hall–Kier alpha value is -1.26. The van der Waals surface area contributed by atoms with Gasteiger partial charge in [-0.15, -0.1) is 0 Å². The minimum atomic E-state index is -0.581. The molecule has 0 unspecified atom stereocenters. The third kappa shape index (κ3) is 3.87. The van der Waals surface area contributed by atoms with Gasteiger partial charge in [-0.1, -0.05) is 20.8 Å². The van der Waals surface area contributed by atoms with E-state index in [9.17, 15) is 9.59 Å². The van der Waals surface area contributed by atoms with Gasteiger partial charge in [0.1, 0.15) is 11.6 Å². The highest BCUT2D eigenvalue weighted by Gasteiger charge is 2.47. The third-order valence-corrected chi connectivity index (χ3v) is 3.46. The van der Waals surface area contributed by atoms with Crippen LogP contribution in [0.3, 0.4) is 0 Å². The Bertz CT molecular complexity index is 378. The normalized spacial score (nSPS) is 23.6. The lowest BCUT2D eigenvalue weighted by Crippen LogP contribution is -2.51. The number of carbonyl (C=O) groups excluding carboxylic acids is 2. The Labute approximate surface area is 121 Å². The molecule has 0 N–H and O–H groups in total. The maximum atomic E-state index is 12.4. The predicted octanol–water partition coefficient (Wildman–Crippen LogP) is 2.97. The first-order chi connectivity index (χ1) is 8.97. The highest BCUT2D eigenvalue weighted by Crippen LogP contribution is 2.37. The number of rotatable bonds is 1. The summed E-state index contributed by atoms with van der Waals surface area (Å²) in [5.41, 5.74) is -0.692. The van der Waals surface area contributed by atoms with Gasteiger partial charge in [0.15, 0.2) is 0 Å². The minimum absolute atomic E-state index is 0.0264. The average molecular weight is 285 g/mol. The average Bonchev–Trinajstić information content (AvgIpc) is 2.69. The standard InChI is InChI=1S/C15H27NO4/c1-14(2,3)11-9-8-10(12(17)19-7)16(11)13(18)20-15(4,5)6/h10-11H,8-9H2,1-7H3/t10-,11-/m0/s1. The number of ether oxygens (including phenoxy) is 2. The van der Waals surface area contributed by atoms with E-state index >= 15 is 0 Å². The molecule has 0 aromatic heterocycles. The van der Waals surface area contributed by atoms with Crippen molar-refractivity contribution in [2.24, 2.45) is 5.41 Å². The van der Waals surface area contributed by atoms with Gasteiger partial charge >= 0.3 is 12.1 Å². The molecule has 2 atom stereocenters. The third-order valence-electron chi connectivity index (χ3n) is 3.46. The van der Waals surface area contributed by atoms with Crippen LogP contribution in [0.2, 0.25) is 0 Å². The second-order valence-corrected chi connectivity index (χ2v) is 7.39. The lowest BCUT2D eigenvalue weighted by molar-refractivity contribution is -0.146. The van der Waals surface area contributed by atoms with E-state index in [1.54, 1.807) is 4.90 Å². The second-order valence-electron chi connectivity index (χ2n) is 7.39. The SMILES string of the molecule is COC(=O)[C@@H]1CC[C@@H](C(C)(C)C)N1C(=O)OC(C)(C)C. The molecule has 5 heteroatoms. The lowest BCUT2D eigenvalue weighted by atomic mass is 9.85. The van der Waals surface area contributed by atoms with E-state index in [0.717, 1.165) is 6.42 Å². The molecule has 1 fully saturated rings. The van der Waals surface area contributed by atoms with E-state index < -0.39 is 17.7 Å². The van der Waals surface area contributed by atoms with Crippen molar-refractivity contribution in [3.63, 3.8) is 0 Å². The van der Waals surface area contributed by atoms with Crippen LogP contribution in [0.4, 0.5) is 4.79 Å². The molecule has 0 aromatic carbocycles. The number of esters is 1. The number of nitrogens with zero attached hydrogens (tertiary/aromatic N) is 1. The van der Waals surface area contributed by atoms with Crippen molar-refractivity contribution >= 4 is 12.1 Å². The highest BCUT2D eigenvalue weighted by atomic mass is 16.6. The Morgan fingerprint density at radius 3 is 2.00 bits per heavy atom. The number of amides is 1. The van der Waals surface area contributed by atoms with Crippen molar-refractivity contribution in [2.75, 3.05) is 7.11 Å². The molecule has 1 heterocycles. The maximum absolute atomic E-state index is 12.4. The molecule has 1 aliphatic rings. The molecular weight excluding hydrogens is 258 g/mol. The Kier molecular flexibility index (Phi) is 4.72. The van der Waals surface area contributed by atoms with Crippen molar-refractivity contribution in [3.05, 3.63) is 0 Å². The second kappa shape index (κ2) is 5.62.